The van der Waals surface area contributed by atoms with Crippen molar-refractivity contribution in [2.45, 2.75) is 25.8 Å². The van der Waals surface area contributed by atoms with E-state index in [9.17, 15) is 18.8 Å². The zero-order chi connectivity index (χ0) is 21.5. The Hall–Kier alpha value is -3.22. The second-order valence-corrected chi connectivity index (χ2v) is 7.37. The van der Waals surface area contributed by atoms with Crippen molar-refractivity contribution in [3.8, 4) is 0 Å². The Bertz CT molecular complexity index is 886. The predicted octanol–water partition coefficient (Wildman–Crippen LogP) is 2.64. The molecule has 0 radical (unpaired) electrons. The molecule has 0 bridgehead atoms. The molecule has 3 rings (SSSR count). The molecule has 1 aliphatic rings. The highest BCUT2D eigenvalue weighted by atomic mass is 19.1. The van der Waals surface area contributed by atoms with Gasteiger partial charge in [0, 0.05) is 19.5 Å². The monoisotopic (exact) mass is 412 g/mol. The Labute approximate surface area is 175 Å². The summed E-state index contributed by atoms with van der Waals surface area (Å²) in [6.07, 6.45) is 0.631. The first-order valence-electron chi connectivity index (χ1n) is 9.96. The van der Waals surface area contributed by atoms with Crippen molar-refractivity contribution in [3.05, 3.63) is 71.5 Å². The van der Waals surface area contributed by atoms with Gasteiger partial charge in [0.05, 0.1) is 12.0 Å². The van der Waals surface area contributed by atoms with E-state index in [-0.39, 0.29) is 37.3 Å². The molecule has 2 atom stereocenters. The summed E-state index contributed by atoms with van der Waals surface area (Å²) in [5, 5.41) is 2.66. The molecule has 1 fully saturated rings. The van der Waals surface area contributed by atoms with Gasteiger partial charge in [-0.15, -0.1) is 0 Å². The van der Waals surface area contributed by atoms with Crippen LogP contribution in [0.5, 0.6) is 0 Å². The maximum absolute atomic E-state index is 12.9. The number of ether oxygens (including phenoxy) is 1. The van der Waals surface area contributed by atoms with E-state index in [0.717, 1.165) is 11.1 Å². The van der Waals surface area contributed by atoms with Gasteiger partial charge >= 0.3 is 5.97 Å². The van der Waals surface area contributed by atoms with Crippen LogP contribution >= 0.6 is 0 Å². The SMILES string of the molecule is C[C@@H](c1ccccc1)N1C[C@H](C(=O)OCC(=O)NCCc2ccc(F)cc2)CC1=O. The summed E-state index contributed by atoms with van der Waals surface area (Å²) in [5.74, 6) is -1.94. The minimum absolute atomic E-state index is 0.0855. The quantitative estimate of drug-likeness (QED) is 0.677. The number of benzene rings is 2. The molecule has 0 aromatic heterocycles. The molecule has 1 aliphatic heterocycles. The number of hydrogen-bond acceptors (Lipinski definition) is 4. The third-order valence-electron chi connectivity index (χ3n) is 5.24. The van der Waals surface area contributed by atoms with Gasteiger partial charge in [-0.05, 0) is 36.6 Å². The summed E-state index contributed by atoms with van der Waals surface area (Å²) in [7, 11) is 0. The first-order chi connectivity index (χ1) is 14.4. The molecule has 2 aromatic rings. The predicted molar refractivity (Wildman–Crippen MR) is 109 cm³/mol. The number of likely N-dealkylation sites (tertiary alicyclic amines) is 1. The minimum Gasteiger partial charge on any atom is -0.455 e. The van der Waals surface area contributed by atoms with Crippen LogP contribution in [-0.2, 0) is 25.5 Å². The van der Waals surface area contributed by atoms with Gasteiger partial charge in [-0.2, -0.15) is 0 Å². The lowest BCUT2D eigenvalue weighted by atomic mass is 10.1. The fourth-order valence-corrected chi connectivity index (χ4v) is 3.48. The highest BCUT2D eigenvalue weighted by molar-refractivity contribution is 5.88. The van der Waals surface area contributed by atoms with E-state index in [1.165, 1.54) is 12.1 Å². The second kappa shape index (κ2) is 10.0. The van der Waals surface area contributed by atoms with E-state index >= 15 is 0 Å². The molecular formula is C23H25FN2O4. The number of carbonyl (C=O) groups excluding carboxylic acids is 3. The van der Waals surface area contributed by atoms with Gasteiger partial charge in [0.25, 0.3) is 5.91 Å². The van der Waals surface area contributed by atoms with E-state index in [1.54, 1.807) is 17.0 Å². The van der Waals surface area contributed by atoms with Gasteiger partial charge in [0.2, 0.25) is 5.91 Å². The number of halogens is 1. The third kappa shape index (κ3) is 5.65. The largest absolute Gasteiger partial charge is 0.455 e. The summed E-state index contributed by atoms with van der Waals surface area (Å²) in [4.78, 5) is 38.2. The highest BCUT2D eigenvalue weighted by Crippen LogP contribution is 2.28. The van der Waals surface area contributed by atoms with Crippen LogP contribution in [-0.4, -0.2) is 42.4 Å². The van der Waals surface area contributed by atoms with Gasteiger partial charge in [-0.3, -0.25) is 14.4 Å². The number of carbonyl (C=O) groups is 3. The molecular weight excluding hydrogens is 387 g/mol. The summed E-state index contributed by atoms with van der Waals surface area (Å²) in [6.45, 7) is 2.17. The van der Waals surface area contributed by atoms with Crippen LogP contribution in [0.15, 0.2) is 54.6 Å². The topological polar surface area (TPSA) is 75.7 Å². The number of nitrogens with zero attached hydrogens (tertiary/aromatic N) is 1. The van der Waals surface area contributed by atoms with Crippen LogP contribution in [0.3, 0.4) is 0 Å². The molecule has 7 heteroatoms. The van der Waals surface area contributed by atoms with Crippen LogP contribution in [0.1, 0.15) is 30.5 Å². The molecule has 0 aliphatic carbocycles. The van der Waals surface area contributed by atoms with Crippen molar-refractivity contribution in [2.24, 2.45) is 5.92 Å². The van der Waals surface area contributed by atoms with Crippen molar-refractivity contribution < 1.29 is 23.5 Å². The van der Waals surface area contributed by atoms with Crippen LogP contribution in [0.25, 0.3) is 0 Å². The molecule has 1 saturated heterocycles. The summed E-state index contributed by atoms with van der Waals surface area (Å²) < 4.78 is 18.0. The molecule has 0 spiro atoms. The van der Waals surface area contributed by atoms with E-state index in [4.69, 9.17) is 4.74 Å². The molecule has 0 unspecified atom stereocenters. The molecule has 30 heavy (non-hydrogen) atoms. The average Bonchev–Trinajstić information content (AvgIpc) is 3.15. The number of nitrogens with one attached hydrogen (secondary N) is 1. The highest BCUT2D eigenvalue weighted by Gasteiger charge is 2.38. The van der Waals surface area contributed by atoms with Crippen LogP contribution < -0.4 is 5.32 Å². The number of amides is 2. The maximum atomic E-state index is 12.9. The summed E-state index contributed by atoms with van der Waals surface area (Å²) >= 11 is 0. The first-order valence-corrected chi connectivity index (χ1v) is 9.96. The Morgan fingerprint density at radius 2 is 1.87 bits per heavy atom. The van der Waals surface area contributed by atoms with E-state index in [2.05, 4.69) is 5.32 Å². The van der Waals surface area contributed by atoms with Crippen LogP contribution in [0.2, 0.25) is 0 Å². The van der Waals surface area contributed by atoms with Crippen molar-refractivity contribution >= 4 is 17.8 Å². The fourth-order valence-electron chi connectivity index (χ4n) is 3.48. The maximum Gasteiger partial charge on any atom is 0.311 e. The molecule has 158 valence electrons. The fraction of sp³-hybridized carbons (Fsp3) is 0.348. The Morgan fingerprint density at radius 1 is 1.17 bits per heavy atom. The minimum atomic E-state index is -0.573. The van der Waals surface area contributed by atoms with Gasteiger partial charge < -0.3 is 15.0 Å². The lowest BCUT2D eigenvalue weighted by Gasteiger charge is -2.25. The van der Waals surface area contributed by atoms with Gasteiger partial charge in [0.1, 0.15) is 5.82 Å². The molecule has 0 saturated carbocycles. The molecule has 1 N–H and O–H groups in total. The van der Waals surface area contributed by atoms with Crippen molar-refractivity contribution in [1.82, 2.24) is 10.2 Å². The lowest BCUT2D eigenvalue weighted by molar-refractivity contribution is -0.152. The average molecular weight is 412 g/mol. The van der Waals surface area contributed by atoms with Crippen LogP contribution in [0.4, 0.5) is 4.39 Å². The smallest absolute Gasteiger partial charge is 0.311 e. The molecule has 2 aromatic carbocycles. The molecule has 2 amide bonds. The van der Waals surface area contributed by atoms with Gasteiger partial charge in [-0.25, -0.2) is 4.39 Å². The first kappa shape index (κ1) is 21.5. The van der Waals surface area contributed by atoms with Crippen LogP contribution in [0, 0.1) is 11.7 Å². The van der Waals surface area contributed by atoms with E-state index in [0.29, 0.717) is 13.0 Å². The number of esters is 1. The molecule has 6 nitrogen and oxygen atoms in total. The molecule has 1 heterocycles. The second-order valence-electron chi connectivity index (χ2n) is 7.37. The standard InChI is InChI=1S/C23H25FN2O4/c1-16(18-5-3-2-4-6-18)26-14-19(13-22(26)28)23(29)30-15-21(27)25-12-11-17-7-9-20(24)10-8-17/h2-10,16,19H,11-15H2,1H3,(H,25,27)/t16-,19+/m0/s1. The summed E-state index contributed by atoms with van der Waals surface area (Å²) in [5.41, 5.74) is 1.89. The normalized spacial score (nSPS) is 16.9. The Kier molecular flexibility index (Phi) is 7.17. The Morgan fingerprint density at radius 3 is 2.57 bits per heavy atom. The zero-order valence-electron chi connectivity index (χ0n) is 16.8. The Balaban J connectivity index is 1.40. The van der Waals surface area contributed by atoms with Gasteiger partial charge in [0.15, 0.2) is 6.61 Å². The number of hydrogen-bond donors (Lipinski definition) is 1. The lowest BCUT2D eigenvalue weighted by Crippen LogP contribution is -2.32. The number of rotatable bonds is 8. The van der Waals surface area contributed by atoms with Crippen molar-refractivity contribution in [1.29, 1.82) is 0 Å². The zero-order valence-corrected chi connectivity index (χ0v) is 16.8. The van der Waals surface area contributed by atoms with Crippen molar-refractivity contribution in [3.63, 3.8) is 0 Å². The van der Waals surface area contributed by atoms with E-state index in [1.807, 2.05) is 37.3 Å². The third-order valence-corrected chi connectivity index (χ3v) is 5.24. The van der Waals surface area contributed by atoms with Gasteiger partial charge in [-0.1, -0.05) is 42.5 Å². The summed E-state index contributed by atoms with van der Waals surface area (Å²) in [6, 6.07) is 15.5. The van der Waals surface area contributed by atoms with Crippen molar-refractivity contribution in [2.75, 3.05) is 19.7 Å². The van der Waals surface area contributed by atoms with E-state index < -0.39 is 17.8 Å².